The number of morpholine rings is 1. The molecule has 1 saturated heterocycles. The van der Waals surface area contributed by atoms with Crippen molar-refractivity contribution in [2.45, 2.75) is 32.6 Å². The summed E-state index contributed by atoms with van der Waals surface area (Å²) in [5.74, 6) is -0.859. The van der Waals surface area contributed by atoms with Crippen molar-refractivity contribution >= 4 is 17.5 Å². The van der Waals surface area contributed by atoms with Gasteiger partial charge in [0.25, 0.3) is 5.91 Å². The summed E-state index contributed by atoms with van der Waals surface area (Å²) in [5, 5.41) is 5.15. The Morgan fingerprint density at radius 3 is 2.40 bits per heavy atom. The Kier molecular flexibility index (Phi) is 8.97. The monoisotopic (exact) mass is 493 g/mol. The van der Waals surface area contributed by atoms with Gasteiger partial charge in [-0.05, 0) is 35.7 Å². The largest absolute Gasteiger partial charge is 0.484 e. The molecule has 2 aromatic carbocycles. The molecule has 0 spiro atoms. The van der Waals surface area contributed by atoms with E-state index in [0.29, 0.717) is 37.7 Å². The molecule has 10 heteroatoms. The summed E-state index contributed by atoms with van der Waals surface area (Å²) < 4.78 is 52.0. The highest BCUT2D eigenvalue weighted by atomic mass is 19.4. The van der Waals surface area contributed by atoms with E-state index in [-0.39, 0.29) is 24.6 Å². The first-order valence-corrected chi connectivity index (χ1v) is 11.4. The SMILES string of the molecule is CC(C)C(NC(=O)COc1ccccc1)C(=O)NCc1ccc(N2CCOCC2)cc1C(F)(F)F. The van der Waals surface area contributed by atoms with Crippen molar-refractivity contribution in [1.82, 2.24) is 10.6 Å². The first-order chi connectivity index (χ1) is 16.6. The van der Waals surface area contributed by atoms with Crippen molar-refractivity contribution in [3.63, 3.8) is 0 Å². The molecule has 1 fully saturated rings. The van der Waals surface area contributed by atoms with E-state index in [1.54, 1.807) is 44.2 Å². The third kappa shape index (κ3) is 7.61. The molecule has 35 heavy (non-hydrogen) atoms. The van der Waals surface area contributed by atoms with Gasteiger partial charge >= 0.3 is 6.18 Å². The number of para-hydroxylation sites is 1. The van der Waals surface area contributed by atoms with Gasteiger partial charge in [0.15, 0.2) is 6.61 Å². The number of alkyl halides is 3. The minimum atomic E-state index is -4.58. The molecule has 2 N–H and O–H groups in total. The lowest BCUT2D eigenvalue weighted by molar-refractivity contribution is -0.138. The zero-order chi connectivity index (χ0) is 25.4. The van der Waals surface area contributed by atoms with Crippen LogP contribution in [0.25, 0.3) is 0 Å². The van der Waals surface area contributed by atoms with Crippen LogP contribution in [0.15, 0.2) is 48.5 Å². The summed E-state index contributed by atoms with van der Waals surface area (Å²) in [4.78, 5) is 26.9. The van der Waals surface area contributed by atoms with Gasteiger partial charge in [-0.25, -0.2) is 0 Å². The zero-order valence-corrected chi connectivity index (χ0v) is 19.7. The number of carbonyl (C=O) groups is 2. The highest BCUT2D eigenvalue weighted by molar-refractivity contribution is 5.88. The molecule has 2 amide bonds. The first kappa shape index (κ1) is 26.3. The van der Waals surface area contributed by atoms with Crippen LogP contribution in [0.5, 0.6) is 5.75 Å². The highest BCUT2D eigenvalue weighted by Crippen LogP contribution is 2.35. The van der Waals surface area contributed by atoms with Crippen LogP contribution >= 0.6 is 0 Å². The Labute approximate surface area is 202 Å². The van der Waals surface area contributed by atoms with E-state index in [9.17, 15) is 22.8 Å². The summed E-state index contributed by atoms with van der Waals surface area (Å²) in [6.45, 7) is 4.80. The van der Waals surface area contributed by atoms with Crippen LogP contribution in [-0.4, -0.2) is 50.8 Å². The number of anilines is 1. The number of benzene rings is 2. The third-order valence-electron chi connectivity index (χ3n) is 5.61. The quantitative estimate of drug-likeness (QED) is 0.560. The fourth-order valence-electron chi connectivity index (χ4n) is 3.71. The Balaban J connectivity index is 1.63. The van der Waals surface area contributed by atoms with Crippen molar-refractivity contribution in [1.29, 1.82) is 0 Å². The molecular weight excluding hydrogens is 463 g/mol. The minimum absolute atomic E-state index is 0.0518. The maximum absolute atomic E-state index is 13.8. The van der Waals surface area contributed by atoms with E-state index < -0.39 is 29.6 Å². The molecule has 1 aliphatic heterocycles. The smallest absolute Gasteiger partial charge is 0.416 e. The predicted molar refractivity (Wildman–Crippen MR) is 125 cm³/mol. The Morgan fingerprint density at radius 2 is 1.77 bits per heavy atom. The van der Waals surface area contributed by atoms with Gasteiger partial charge in [-0.2, -0.15) is 13.2 Å². The van der Waals surface area contributed by atoms with Gasteiger partial charge in [-0.15, -0.1) is 0 Å². The van der Waals surface area contributed by atoms with Gasteiger partial charge in [0.1, 0.15) is 11.8 Å². The standard InChI is InChI=1S/C25H30F3N3O4/c1-17(2)23(30-22(32)16-35-20-6-4-3-5-7-20)24(33)29-15-18-8-9-19(14-21(18)25(26,27)28)31-10-12-34-13-11-31/h3-9,14,17,23H,10-13,15-16H2,1-2H3,(H,29,33)(H,30,32). The second-order valence-corrected chi connectivity index (χ2v) is 8.55. The van der Waals surface area contributed by atoms with Crippen molar-refractivity contribution in [3.8, 4) is 5.75 Å². The molecule has 2 aromatic rings. The van der Waals surface area contributed by atoms with E-state index in [0.717, 1.165) is 6.07 Å². The number of hydrogen-bond donors (Lipinski definition) is 2. The van der Waals surface area contributed by atoms with Gasteiger partial charge in [-0.1, -0.05) is 38.1 Å². The molecule has 190 valence electrons. The Morgan fingerprint density at radius 1 is 1.09 bits per heavy atom. The molecule has 0 bridgehead atoms. The highest BCUT2D eigenvalue weighted by Gasteiger charge is 2.34. The van der Waals surface area contributed by atoms with Crippen molar-refractivity contribution < 1.29 is 32.2 Å². The van der Waals surface area contributed by atoms with Gasteiger partial charge in [0.2, 0.25) is 5.91 Å². The molecule has 3 rings (SSSR count). The van der Waals surface area contributed by atoms with Gasteiger partial charge in [-0.3, -0.25) is 9.59 Å². The second-order valence-electron chi connectivity index (χ2n) is 8.55. The topological polar surface area (TPSA) is 79.9 Å². The predicted octanol–water partition coefficient (Wildman–Crippen LogP) is 3.38. The van der Waals surface area contributed by atoms with Crippen LogP contribution in [0.4, 0.5) is 18.9 Å². The summed E-state index contributed by atoms with van der Waals surface area (Å²) in [6, 6.07) is 11.9. The van der Waals surface area contributed by atoms with E-state index in [2.05, 4.69) is 10.6 Å². The molecule has 1 atom stereocenters. The maximum atomic E-state index is 13.8. The summed E-state index contributed by atoms with van der Waals surface area (Å²) in [6.07, 6.45) is -4.58. The Hall–Kier alpha value is -3.27. The molecule has 1 unspecified atom stereocenters. The van der Waals surface area contributed by atoms with Gasteiger partial charge in [0.05, 0.1) is 18.8 Å². The zero-order valence-electron chi connectivity index (χ0n) is 19.7. The van der Waals surface area contributed by atoms with Crippen LogP contribution in [0.1, 0.15) is 25.0 Å². The van der Waals surface area contributed by atoms with E-state index in [4.69, 9.17) is 9.47 Å². The number of halogens is 3. The third-order valence-corrected chi connectivity index (χ3v) is 5.61. The number of rotatable bonds is 9. The number of hydrogen-bond acceptors (Lipinski definition) is 5. The average molecular weight is 494 g/mol. The normalized spacial score (nSPS) is 15.0. The van der Waals surface area contributed by atoms with E-state index in [1.165, 1.54) is 6.07 Å². The molecule has 0 aliphatic carbocycles. The van der Waals surface area contributed by atoms with Crippen LogP contribution in [0, 0.1) is 5.92 Å². The first-order valence-electron chi connectivity index (χ1n) is 11.4. The second kappa shape index (κ2) is 11.9. The van der Waals surface area contributed by atoms with Gasteiger partial charge in [0, 0.05) is 25.3 Å². The van der Waals surface area contributed by atoms with Crippen LogP contribution in [0.3, 0.4) is 0 Å². The van der Waals surface area contributed by atoms with Crippen molar-refractivity contribution in [2.75, 3.05) is 37.8 Å². The van der Waals surface area contributed by atoms with Crippen LogP contribution < -0.4 is 20.3 Å². The molecule has 7 nitrogen and oxygen atoms in total. The summed E-state index contributed by atoms with van der Waals surface area (Å²) in [7, 11) is 0. The number of carbonyl (C=O) groups excluding carboxylic acids is 2. The molecule has 0 aromatic heterocycles. The lowest BCUT2D eigenvalue weighted by Gasteiger charge is -2.30. The number of nitrogens with one attached hydrogen (secondary N) is 2. The lowest BCUT2D eigenvalue weighted by Crippen LogP contribution is -2.50. The molecule has 0 radical (unpaired) electrons. The molecule has 1 aliphatic rings. The number of nitrogens with zero attached hydrogens (tertiary/aromatic N) is 1. The summed E-state index contributed by atoms with van der Waals surface area (Å²) in [5.41, 5.74) is -0.395. The molecule has 0 saturated carbocycles. The fourth-order valence-corrected chi connectivity index (χ4v) is 3.71. The lowest BCUT2D eigenvalue weighted by atomic mass is 10.0. The average Bonchev–Trinajstić information content (AvgIpc) is 2.85. The minimum Gasteiger partial charge on any atom is -0.484 e. The fraction of sp³-hybridized carbons (Fsp3) is 0.440. The van der Waals surface area contributed by atoms with E-state index >= 15 is 0 Å². The number of ether oxygens (including phenoxy) is 2. The van der Waals surface area contributed by atoms with Crippen LogP contribution in [0.2, 0.25) is 0 Å². The van der Waals surface area contributed by atoms with Crippen molar-refractivity contribution in [2.24, 2.45) is 5.92 Å². The molecule has 1 heterocycles. The number of amides is 2. The van der Waals surface area contributed by atoms with Crippen LogP contribution in [-0.2, 0) is 27.0 Å². The van der Waals surface area contributed by atoms with Crippen molar-refractivity contribution in [3.05, 3.63) is 59.7 Å². The summed E-state index contributed by atoms with van der Waals surface area (Å²) >= 11 is 0. The van der Waals surface area contributed by atoms with E-state index in [1.807, 2.05) is 11.0 Å². The maximum Gasteiger partial charge on any atom is 0.416 e. The molecular formula is C25H30F3N3O4. The Bertz CT molecular complexity index is 993. The van der Waals surface area contributed by atoms with Gasteiger partial charge < -0.3 is 25.0 Å².